The van der Waals surface area contributed by atoms with E-state index in [4.69, 9.17) is 24.7 Å². The van der Waals surface area contributed by atoms with Gasteiger partial charge in [0.05, 0.1) is 19.4 Å². The maximum atomic E-state index is 12.7. The molecule has 0 bridgehead atoms. The molecular formula is C31H41NO9. The van der Waals surface area contributed by atoms with Gasteiger partial charge in [-0.1, -0.05) is 72.7 Å². The zero-order valence-corrected chi connectivity index (χ0v) is 24.8. The summed E-state index contributed by atoms with van der Waals surface area (Å²) in [4.78, 5) is 49.5. The van der Waals surface area contributed by atoms with Crippen molar-refractivity contribution in [2.24, 2.45) is 22.5 Å². The Balaban J connectivity index is 2.36. The number of nitrogens with two attached hydrogens (primary N) is 1. The Hall–Kier alpha value is -3.92. The fourth-order valence-corrected chi connectivity index (χ4v) is 4.04. The number of para-hydroxylation sites is 1. The van der Waals surface area contributed by atoms with E-state index in [0.29, 0.717) is 11.3 Å². The lowest BCUT2D eigenvalue weighted by Gasteiger charge is -2.28. The summed E-state index contributed by atoms with van der Waals surface area (Å²) < 4.78 is 21.5. The highest BCUT2D eigenvalue weighted by molar-refractivity contribution is 5.78. The molecule has 0 radical (unpaired) electrons. The Morgan fingerprint density at radius 2 is 1.34 bits per heavy atom. The highest BCUT2D eigenvalue weighted by Crippen LogP contribution is 2.37. The number of esters is 2. The van der Waals surface area contributed by atoms with Crippen LogP contribution in [0.2, 0.25) is 0 Å². The van der Waals surface area contributed by atoms with Crippen LogP contribution in [0.3, 0.4) is 0 Å². The van der Waals surface area contributed by atoms with Crippen LogP contribution in [0, 0.1) is 16.7 Å². The first-order chi connectivity index (χ1) is 18.9. The van der Waals surface area contributed by atoms with Crippen LogP contribution >= 0.6 is 0 Å². The van der Waals surface area contributed by atoms with Crippen LogP contribution in [0.4, 0.5) is 4.79 Å². The van der Waals surface area contributed by atoms with Crippen molar-refractivity contribution >= 4 is 24.1 Å². The van der Waals surface area contributed by atoms with E-state index in [1.54, 1.807) is 43.3 Å². The van der Waals surface area contributed by atoms with E-state index in [1.807, 2.05) is 41.5 Å². The molecule has 41 heavy (non-hydrogen) atoms. The first-order valence-corrected chi connectivity index (χ1v) is 13.4. The number of carboxylic acids is 1. The number of carbonyl (C=O) groups excluding carboxylic acids is 3. The van der Waals surface area contributed by atoms with Crippen LogP contribution in [0.5, 0.6) is 17.2 Å². The monoisotopic (exact) mass is 571 g/mol. The molecule has 10 nitrogen and oxygen atoms in total. The topological polar surface area (TPSA) is 151 Å². The average Bonchev–Trinajstić information content (AvgIpc) is 2.82. The molecule has 0 aliphatic heterocycles. The number of benzene rings is 2. The molecule has 0 spiro atoms. The van der Waals surface area contributed by atoms with Gasteiger partial charge in [0, 0.05) is 5.92 Å². The van der Waals surface area contributed by atoms with Crippen LogP contribution in [0.25, 0.3) is 0 Å². The molecule has 0 amide bonds. The summed E-state index contributed by atoms with van der Waals surface area (Å²) in [5.41, 5.74) is 5.77. The van der Waals surface area contributed by atoms with Crippen molar-refractivity contribution in [1.29, 1.82) is 0 Å². The number of carbonyl (C=O) groups is 4. The maximum Gasteiger partial charge on any atom is 0.513 e. The van der Waals surface area contributed by atoms with Gasteiger partial charge >= 0.3 is 24.1 Å². The zero-order valence-electron chi connectivity index (χ0n) is 24.8. The van der Waals surface area contributed by atoms with Crippen LogP contribution in [0.1, 0.15) is 72.8 Å². The Bertz CT molecular complexity index is 1210. The van der Waals surface area contributed by atoms with Crippen LogP contribution in [-0.2, 0) is 19.1 Å². The SMILES string of the molecule is CC(COC(=O)Oc1ccccc1)C(c1ccc(OC(=O)CC(C)(C)C)c(OC(=O)CC(C)(C)C)c1)[C@H](N)C(=O)O. The number of rotatable bonds is 11. The minimum atomic E-state index is -1.40. The first-order valence-electron chi connectivity index (χ1n) is 13.4. The van der Waals surface area contributed by atoms with Gasteiger partial charge in [-0.15, -0.1) is 0 Å². The molecule has 2 aromatic carbocycles. The average molecular weight is 572 g/mol. The van der Waals surface area contributed by atoms with Crippen LogP contribution in [0.15, 0.2) is 48.5 Å². The lowest BCUT2D eigenvalue weighted by atomic mass is 9.82. The van der Waals surface area contributed by atoms with Crippen molar-refractivity contribution in [2.75, 3.05) is 6.61 Å². The molecular weight excluding hydrogens is 530 g/mol. The molecule has 0 aromatic heterocycles. The maximum absolute atomic E-state index is 12.7. The van der Waals surface area contributed by atoms with Gasteiger partial charge in [-0.3, -0.25) is 14.4 Å². The van der Waals surface area contributed by atoms with Crippen molar-refractivity contribution in [3.05, 3.63) is 54.1 Å². The largest absolute Gasteiger partial charge is 0.513 e. The normalized spacial score (nSPS) is 13.9. The summed E-state index contributed by atoms with van der Waals surface area (Å²) in [6.45, 7) is 12.8. The van der Waals surface area contributed by atoms with E-state index >= 15 is 0 Å². The van der Waals surface area contributed by atoms with Crippen molar-refractivity contribution in [1.82, 2.24) is 0 Å². The van der Waals surface area contributed by atoms with E-state index in [-0.39, 0.29) is 41.8 Å². The van der Waals surface area contributed by atoms with Gasteiger partial charge in [0.25, 0.3) is 0 Å². The Labute approximate surface area is 241 Å². The number of hydrogen-bond donors (Lipinski definition) is 2. The third kappa shape index (κ3) is 11.6. The minimum Gasteiger partial charge on any atom is -0.480 e. The third-order valence-corrected chi connectivity index (χ3v) is 5.84. The summed E-state index contributed by atoms with van der Waals surface area (Å²) in [6, 6.07) is 11.4. The van der Waals surface area contributed by atoms with E-state index in [9.17, 15) is 24.3 Å². The van der Waals surface area contributed by atoms with Gasteiger partial charge in [0.2, 0.25) is 0 Å². The van der Waals surface area contributed by atoms with Crippen LogP contribution < -0.4 is 19.9 Å². The van der Waals surface area contributed by atoms with E-state index in [2.05, 4.69) is 0 Å². The second-order valence-electron chi connectivity index (χ2n) is 12.5. The second kappa shape index (κ2) is 14.1. The quantitative estimate of drug-likeness (QED) is 0.195. The lowest BCUT2D eigenvalue weighted by Crippen LogP contribution is -2.40. The van der Waals surface area contributed by atoms with Crippen molar-refractivity contribution < 1.29 is 43.2 Å². The summed E-state index contributed by atoms with van der Waals surface area (Å²) in [5, 5.41) is 9.75. The molecule has 0 saturated carbocycles. The molecule has 0 saturated heterocycles. The lowest BCUT2D eigenvalue weighted by molar-refractivity contribution is -0.139. The van der Waals surface area contributed by atoms with Gasteiger partial charge in [0.15, 0.2) is 11.5 Å². The minimum absolute atomic E-state index is 0.0169. The molecule has 3 N–H and O–H groups in total. The molecule has 0 aliphatic carbocycles. The van der Waals surface area contributed by atoms with E-state index < -0.39 is 41.9 Å². The first kappa shape index (κ1) is 33.3. The van der Waals surface area contributed by atoms with Gasteiger partial charge < -0.3 is 29.8 Å². The van der Waals surface area contributed by atoms with Crippen molar-refractivity contribution in [2.45, 2.75) is 73.3 Å². The highest BCUT2D eigenvalue weighted by atomic mass is 16.7. The van der Waals surface area contributed by atoms with Crippen molar-refractivity contribution in [3.63, 3.8) is 0 Å². The second-order valence-corrected chi connectivity index (χ2v) is 12.5. The number of carboxylic acid groups (broad SMARTS) is 1. The molecule has 10 heteroatoms. The van der Waals surface area contributed by atoms with Gasteiger partial charge in [-0.05, 0) is 46.6 Å². The molecule has 0 fully saturated rings. The standard InChI is InChI=1S/C31H41NO9/c1-19(18-38-29(37)39-21-11-9-8-10-12-21)26(27(32)28(35)36)20-13-14-22(40-24(33)16-30(2,3)4)23(15-20)41-25(34)17-31(5,6)7/h8-15,19,26-27H,16-18,32H2,1-7H3,(H,35,36)/t19?,26?,27-/m0/s1. The fourth-order valence-electron chi connectivity index (χ4n) is 4.04. The summed E-state index contributed by atoms with van der Waals surface area (Å²) in [7, 11) is 0. The predicted octanol–water partition coefficient (Wildman–Crippen LogP) is 5.72. The summed E-state index contributed by atoms with van der Waals surface area (Å²) in [5.74, 6) is -3.56. The van der Waals surface area contributed by atoms with E-state index in [0.717, 1.165) is 0 Å². The molecule has 0 aliphatic rings. The van der Waals surface area contributed by atoms with Gasteiger partial charge in [-0.25, -0.2) is 4.79 Å². The summed E-state index contributed by atoms with van der Waals surface area (Å²) in [6.07, 6.45) is -0.758. The Morgan fingerprint density at radius 3 is 1.85 bits per heavy atom. The number of aliphatic carboxylic acids is 1. The predicted molar refractivity (Wildman–Crippen MR) is 152 cm³/mol. The molecule has 2 unspecified atom stereocenters. The highest BCUT2D eigenvalue weighted by Gasteiger charge is 2.33. The molecule has 0 heterocycles. The fraction of sp³-hybridized carbons (Fsp3) is 0.484. The summed E-state index contributed by atoms with van der Waals surface area (Å²) >= 11 is 0. The number of hydrogen-bond acceptors (Lipinski definition) is 9. The Kier molecular flexibility index (Phi) is 11.5. The molecule has 2 aromatic rings. The van der Waals surface area contributed by atoms with Gasteiger partial charge in [0.1, 0.15) is 11.8 Å². The smallest absolute Gasteiger partial charge is 0.480 e. The third-order valence-electron chi connectivity index (χ3n) is 5.84. The van der Waals surface area contributed by atoms with Crippen molar-refractivity contribution in [3.8, 4) is 17.2 Å². The van der Waals surface area contributed by atoms with E-state index in [1.165, 1.54) is 12.1 Å². The van der Waals surface area contributed by atoms with Gasteiger partial charge in [-0.2, -0.15) is 0 Å². The molecule has 2 rings (SSSR count). The van der Waals surface area contributed by atoms with Crippen LogP contribution in [-0.4, -0.2) is 41.8 Å². The zero-order chi connectivity index (χ0) is 31.0. The number of ether oxygens (including phenoxy) is 4. The molecule has 224 valence electrons. The molecule has 3 atom stereocenters. The Morgan fingerprint density at radius 1 is 0.805 bits per heavy atom.